The van der Waals surface area contributed by atoms with Gasteiger partial charge in [0, 0.05) is 26.8 Å². The van der Waals surface area contributed by atoms with Gasteiger partial charge in [-0.3, -0.25) is 0 Å². The highest BCUT2D eigenvalue weighted by Crippen LogP contribution is 2.10. The predicted octanol–water partition coefficient (Wildman–Crippen LogP) is 0.737. The van der Waals surface area contributed by atoms with E-state index in [1.54, 1.807) is 31.4 Å². The first-order valence-electron chi connectivity index (χ1n) is 6.90. The molecule has 0 aromatic heterocycles. The molecule has 0 saturated carbocycles. The number of hydrogen-bond donors (Lipinski definition) is 2. The highest BCUT2D eigenvalue weighted by Gasteiger charge is 2.12. The van der Waals surface area contributed by atoms with Crippen LogP contribution >= 0.6 is 0 Å². The molecule has 0 aliphatic rings. The summed E-state index contributed by atoms with van der Waals surface area (Å²) in [6, 6.07) is 6.84. The highest BCUT2D eigenvalue weighted by molar-refractivity contribution is 7.89. The molecule has 0 aliphatic carbocycles. The normalized spacial score (nSPS) is 11.7. The van der Waals surface area contributed by atoms with Gasteiger partial charge in [-0.1, -0.05) is 12.1 Å². The number of benzene rings is 1. The van der Waals surface area contributed by atoms with Crippen LogP contribution in [0.4, 0.5) is 0 Å². The second kappa shape index (κ2) is 9.86. The van der Waals surface area contributed by atoms with Crippen molar-refractivity contribution in [1.29, 1.82) is 0 Å². The van der Waals surface area contributed by atoms with Crippen LogP contribution < -0.4 is 10.0 Å². The van der Waals surface area contributed by atoms with Crippen molar-refractivity contribution >= 4 is 10.0 Å². The van der Waals surface area contributed by atoms with Crippen molar-refractivity contribution in [1.82, 2.24) is 10.0 Å². The van der Waals surface area contributed by atoms with Crippen LogP contribution in [0.1, 0.15) is 12.0 Å². The van der Waals surface area contributed by atoms with Gasteiger partial charge in [0.1, 0.15) is 0 Å². The van der Waals surface area contributed by atoms with E-state index < -0.39 is 10.0 Å². The fraction of sp³-hybridized carbons (Fsp3) is 0.571. The molecule has 1 aromatic rings. The Morgan fingerprint density at radius 3 is 2.43 bits per heavy atom. The Hall–Kier alpha value is -0.990. The number of sulfonamides is 1. The van der Waals surface area contributed by atoms with Gasteiger partial charge in [-0.2, -0.15) is 0 Å². The summed E-state index contributed by atoms with van der Waals surface area (Å²) >= 11 is 0. The average molecular weight is 316 g/mol. The molecule has 2 N–H and O–H groups in total. The molecule has 0 radical (unpaired) electrons. The summed E-state index contributed by atoms with van der Waals surface area (Å²) in [4.78, 5) is 0.280. The van der Waals surface area contributed by atoms with Gasteiger partial charge >= 0.3 is 0 Å². The van der Waals surface area contributed by atoms with Crippen molar-refractivity contribution in [2.24, 2.45) is 0 Å². The topological polar surface area (TPSA) is 76.7 Å². The molecule has 0 spiro atoms. The Morgan fingerprint density at radius 1 is 1.10 bits per heavy atom. The van der Waals surface area contributed by atoms with Gasteiger partial charge in [-0.15, -0.1) is 0 Å². The summed E-state index contributed by atoms with van der Waals surface area (Å²) in [5, 5.41) is 3.02. The lowest BCUT2D eigenvalue weighted by Gasteiger charge is -2.08. The van der Waals surface area contributed by atoms with Crippen LogP contribution in [0.25, 0.3) is 0 Å². The summed E-state index contributed by atoms with van der Waals surface area (Å²) in [6.07, 6.45) is 0.626. The molecule has 1 aromatic carbocycles. The minimum absolute atomic E-state index is 0.280. The second-order valence-corrected chi connectivity index (χ2v) is 6.30. The van der Waals surface area contributed by atoms with Gasteiger partial charge in [0.2, 0.25) is 10.0 Å². The molecule has 0 saturated heterocycles. The van der Waals surface area contributed by atoms with E-state index in [2.05, 4.69) is 10.0 Å². The van der Waals surface area contributed by atoms with Crippen molar-refractivity contribution in [3.63, 3.8) is 0 Å². The maximum absolute atomic E-state index is 12.0. The Labute approximate surface area is 126 Å². The first-order valence-corrected chi connectivity index (χ1v) is 8.38. The number of nitrogens with one attached hydrogen (secondary N) is 2. The van der Waals surface area contributed by atoms with Gasteiger partial charge in [-0.25, -0.2) is 13.1 Å². The Morgan fingerprint density at radius 2 is 1.81 bits per heavy atom. The summed E-state index contributed by atoms with van der Waals surface area (Å²) < 4.78 is 36.8. The number of hydrogen-bond acceptors (Lipinski definition) is 5. The number of ether oxygens (including phenoxy) is 2. The monoisotopic (exact) mass is 316 g/mol. The van der Waals surface area contributed by atoms with Crippen LogP contribution in [0.15, 0.2) is 29.2 Å². The molecule has 0 heterocycles. The zero-order valence-electron chi connectivity index (χ0n) is 12.6. The molecular weight excluding hydrogens is 292 g/mol. The van der Waals surface area contributed by atoms with E-state index in [0.29, 0.717) is 39.3 Å². The van der Waals surface area contributed by atoms with Crippen molar-refractivity contribution in [2.45, 2.75) is 17.9 Å². The van der Waals surface area contributed by atoms with Crippen LogP contribution in [0.2, 0.25) is 0 Å². The van der Waals surface area contributed by atoms with Crippen LogP contribution in [0.3, 0.4) is 0 Å². The van der Waals surface area contributed by atoms with Crippen LogP contribution in [-0.2, 0) is 26.0 Å². The molecule has 120 valence electrons. The molecular formula is C14H24N2O4S. The third kappa shape index (κ3) is 7.01. The minimum Gasteiger partial charge on any atom is -0.382 e. The van der Waals surface area contributed by atoms with E-state index in [4.69, 9.17) is 9.47 Å². The van der Waals surface area contributed by atoms with Crippen molar-refractivity contribution < 1.29 is 17.9 Å². The van der Waals surface area contributed by atoms with Gasteiger partial charge < -0.3 is 14.8 Å². The molecule has 0 fully saturated rings. The third-order valence-corrected chi connectivity index (χ3v) is 4.28. The third-order valence-electron chi connectivity index (χ3n) is 2.80. The van der Waals surface area contributed by atoms with E-state index >= 15 is 0 Å². The smallest absolute Gasteiger partial charge is 0.240 e. The van der Waals surface area contributed by atoms with E-state index in [-0.39, 0.29) is 4.90 Å². The van der Waals surface area contributed by atoms with Gasteiger partial charge in [0.25, 0.3) is 0 Å². The fourth-order valence-electron chi connectivity index (χ4n) is 1.70. The molecule has 0 bridgehead atoms. The second-order valence-electron chi connectivity index (χ2n) is 4.53. The first kappa shape index (κ1) is 18.1. The summed E-state index contributed by atoms with van der Waals surface area (Å²) in [5.41, 5.74) is 1.04. The van der Waals surface area contributed by atoms with Crippen LogP contribution in [0, 0.1) is 0 Å². The molecule has 0 amide bonds. The summed E-state index contributed by atoms with van der Waals surface area (Å²) in [6.45, 7) is 2.65. The van der Waals surface area contributed by atoms with E-state index in [9.17, 15) is 8.42 Å². The summed E-state index contributed by atoms with van der Waals surface area (Å²) in [7, 11) is 0.0185. The van der Waals surface area contributed by atoms with Gasteiger partial charge in [-0.05, 0) is 31.2 Å². The largest absolute Gasteiger partial charge is 0.382 e. The lowest BCUT2D eigenvalue weighted by atomic mass is 10.2. The fourth-order valence-corrected chi connectivity index (χ4v) is 2.77. The number of methoxy groups -OCH3 is 1. The number of rotatable bonds is 11. The predicted molar refractivity (Wildman–Crippen MR) is 81.7 cm³/mol. The van der Waals surface area contributed by atoms with Crippen LogP contribution in [0.5, 0.6) is 0 Å². The van der Waals surface area contributed by atoms with Gasteiger partial charge in [0.15, 0.2) is 0 Å². The average Bonchev–Trinajstić information content (AvgIpc) is 2.47. The molecule has 6 nitrogen and oxygen atoms in total. The maximum atomic E-state index is 12.0. The first-order chi connectivity index (χ1) is 10.1. The van der Waals surface area contributed by atoms with Crippen molar-refractivity contribution in [2.75, 3.05) is 40.5 Å². The zero-order chi connectivity index (χ0) is 15.6. The molecule has 7 heteroatoms. The maximum Gasteiger partial charge on any atom is 0.240 e. The molecule has 21 heavy (non-hydrogen) atoms. The molecule has 0 unspecified atom stereocenters. The molecule has 1 rings (SSSR count). The summed E-state index contributed by atoms with van der Waals surface area (Å²) in [5.74, 6) is 0. The van der Waals surface area contributed by atoms with Crippen molar-refractivity contribution in [3.05, 3.63) is 29.8 Å². The van der Waals surface area contributed by atoms with E-state index in [1.165, 1.54) is 0 Å². The van der Waals surface area contributed by atoms with Crippen molar-refractivity contribution in [3.8, 4) is 0 Å². The molecule has 0 aliphatic heterocycles. The van der Waals surface area contributed by atoms with Gasteiger partial charge in [0.05, 0.1) is 18.1 Å². The highest BCUT2D eigenvalue weighted by atomic mass is 32.2. The van der Waals surface area contributed by atoms with Crippen LogP contribution in [-0.4, -0.2) is 48.9 Å². The lowest BCUT2D eigenvalue weighted by Crippen LogP contribution is -2.25. The SMILES string of the molecule is CNCc1ccc(S(=O)(=O)NCCCOCCOC)cc1. The standard InChI is InChI=1S/C14H24N2O4S/c1-15-12-13-4-6-14(7-5-13)21(17,18)16-8-3-9-20-11-10-19-2/h4-7,15-16H,3,8-12H2,1-2H3. The molecule has 0 atom stereocenters. The Balaban J connectivity index is 2.35. The quantitative estimate of drug-likeness (QED) is 0.589. The lowest BCUT2D eigenvalue weighted by molar-refractivity contribution is 0.0699. The Kier molecular flexibility index (Phi) is 8.48. The zero-order valence-corrected chi connectivity index (χ0v) is 13.4. The van der Waals surface area contributed by atoms with E-state index in [0.717, 1.165) is 5.56 Å². The minimum atomic E-state index is -3.44. The Bertz CT molecular complexity index is 488. The van der Waals surface area contributed by atoms with E-state index in [1.807, 2.05) is 7.05 Å².